The Kier molecular flexibility index (Phi) is 2.51. The van der Waals surface area contributed by atoms with Gasteiger partial charge in [-0.25, -0.2) is 4.98 Å². The number of nitrogens with one attached hydrogen (secondary N) is 1. The van der Waals surface area contributed by atoms with Crippen molar-refractivity contribution in [2.45, 2.75) is 6.92 Å². The molecule has 62 valence electrons. The number of halogens is 1. The van der Waals surface area contributed by atoms with E-state index < -0.39 is 0 Å². The highest BCUT2D eigenvalue weighted by Gasteiger charge is 2.07. The van der Waals surface area contributed by atoms with Gasteiger partial charge in [0.15, 0.2) is 0 Å². The molecule has 3 nitrogen and oxygen atoms in total. The molecule has 1 aromatic rings. The minimum Gasteiger partial charge on any atom is -0.372 e. The number of hydrogen-bond acceptors (Lipinski definition) is 3. The highest BCUT2D eigenvalue weighted by Crippen LogP contribution is 2.22. The summed E-state index contributed by atoms with van der Waals surface area (Å²) in [7, 11) is 1.72. The average molecular weight is 182 g/mol. The lowest BCUT2D eigenvalue weighted by Gasteiger charge is -2.05. The zero-order valence-corrected chi connectivity index (χ0v) is 7.61. The third-order valence-electron chi connectivity index (χ3n) is 1.63. The summed E-state index contributed by atoms with van der Waals surface area (Å²) >= 11 is 5.78. The molecule has 0 saturated heterocycles. The molecule has 1 aromatic heterocycles. The van der Waals surface area contributed by atoms with Crippen LogP contribution in [0.4, 0.5) is 5.82 Å². The van der Waals surface area contributed by atoms with Crippen molar-refractivity contribution in [3.8, 4) is 6.07 Å². The normalized spacial score (nSPS) is 9.17. The van der Waals surface area contributed by atoms with Gasteiger partial charge in [-0.1, -0.05) is 11.6 Å². The quantitative estimate of drug-likeness (QED) is 0.721. The fraction of sp³-hybridized carbons (Fsp3) is 0.250. The van der Waals surface area contributed by atoms with E-state index in [0.29, 0.717) is 16.4 Å². The molecule has 1 rings (SSSR count). The van der Waals surface area contributed by atoms with Crippen LogP contribution in [0.3, 0.4) is 0 Å². The fourth-order valence-electron chi connectivity index (χ4n) is 0.906. The summed E-state index contributed by atoms with van der Waals surface area (Å²) < 4.78 is 0. The second-order valence-corrected chi connectivity index (χ2v) is 2.72. The summed E-state index contributed by atoms with van der Waals surface area (Å²) in [6.45, 7) is 1.80. The molecule has 0 fully saturated rings. The van der Waals surface area contributed by atoms with Crippen LogP contribution in [-0.2, 0) is 0 Å². The molecule has 0 bridgehead atoms. The first-order chi connectivity index (χ1) is 5.70. The van der Waals surface area contributed by atoms with E-state index in [1.54, 1.807) is 14.0 Å². The molecule has 0 aliphatic carbocycles. The fourth-order valence-corrected chi connectivity index (χ4v) is 1.05. The Labute approximate surface area is 76.0 Å². The largest absolute Gasteiger partial charge is 0.372 e. The van der Waals surface area contributed by atoms with E-state index in [0.717, 1.165) is 5.56 Å². The standard InChI is InChI=1S/C8H8ClN3/c1-5-6(3-10)8(11-2)12-4-7(5)9/h4H,1-2H3,(H,11,12). The van der Waals surface area contributed by atoms with E-state index in [2.05, 4.69) is 10.3 Å². The maximum Gasteiger partial charge on any atom is 0.144 e. The molecule has 0 aliphatic heterocycles. The summed E-state index contributed by atoms with van der Waals surface area (Å²) in [4.78, 5) is 3.96. The second-order valence-electron chi connectivity index (χ2n) is 2.32. The third-order valence-corrected chi connectivity index (χ3v) is 2.01. The average Bonchev–Trinajstić information content (AvgIpc) is 2.09. The molecule has 0 amide bonds. The van der Waals surface area contributed by atoms with Gasteiger partial charge >= 0.3 is 0 Å². The Morgan fingerprint density at radius 3 is 2.83 bits per heavy atom. The summed E-state index contributed by atoms with van der Waals surface area (Å²) in [5.74, 6) is 0.569. The van der Waals surface area contributed by atoms with Gasteiger partial charge in [0, 0.05) is 13.2 Å². The van der Waals surface area contributed by atoms with Crippen LogP contribution in [0, 0.1) is 18.3 Å². The Bertz CT molecular complexity index is 341. The monoisotopic (exact) mass is 181 g/mol. The lowest BCUT2D eigenvalue weighted by atomic mass is 10.1. The van der Waals surface area contributed by atoms with Crippen LogP contribution >= 0.6 is 11.6 Å². The predicted octanol–water partition coefficient (Wildman–Crippen LogP) is 1.96. The van der Waals surface area contributed by atoms with E-state index in [1.165, 1.54) is 6.20 Å². The Balaban J connectivity index is 3.38. The van der Waals surface area contributed by atoms with Gasteiger partial charge in [0.2, 0.25) is 0 Å². The molecule has 0 atom stereocenters. The van der Waals surface area contributed by atoms with Gasteiger partial charge in [-0.15, -0.1) is 0 Å². The Hall–Kier alpha value is -1.27. The number of rotatable bonds is 1. The Morgan fingerprint density at radius 1 is 1.67 bits per heavy atom. The number of aromatic nitrogens is 1. The highest BCUT2D eigenvalue weighted by atomic mass is 35.5. The molecule has 0 aromatic carbocycles. The molecule has 1 heterocycles. The zero-order chi connectivity index (χ0) is 9.14. The molecule has 1 N–H and O–H groups in total. The summed E-state index contributed by atoms with van der Waals surface area (Å²) in [5, 5.41) is 12.1. The lowest BCUT2D eigenvalue weighted by molar-refractivity contribution is 1.23. The van der Waals surface area contributed by atoms with E-state index >= 15 is 0 Å². The van der Waals surface area contributed by atoms with Gasteiger partial charge in [-0.05, 0) is 12.5 Å². The summed E-state index contributed by atoms with van der Waals surface area (Å²) in [6.07, 6.45) is 1.53. The van der Waals surface area contributed by atoms with Crippen LogP contribution < -0.4 is 5.32 Å². The lowest BCUT2D eigenvalue weighted by Crippen LogP contribution is -1.98. The van der Waals surface area contributed by atoms with Crippen LogP contribution in [0.15, 0.2) is 6.20 Å². The van der Waals surface area contributed by atoms with Gasteiger partial charge in [0.1, 0.15) is 11.9 Å². The van der Waals surface area contributed by atoms with Gasteiger partial charge in [0.05, 0.1) is 10.6 Å². The number of pyridine rings is 1. The number of hydrogen-bond donors (Lipinski definition) is 1. The van der Waals surface area contributed by atoms with Crippen molar-refractivity contribution in [1.82, 2.24) is 4.98 Å². The minimum atomic E-state index is 0.505. The van der Waals surface area contributed by atoms with Gasteiger partial charge in [-0.2, -0.15) is 5.26 Å². The first-order valence-corrected chi connectivity index (χ1v) is 3.81. The van der Waals surface area contributed by atoms with Crippen molar-refractivity contribution >= 4 is 17.4 Å². The van der Waals surface area contributed by atoms with Crippen molar-refractivity contribution in [2.24, 2.45) is 0 Å². The molecule has 0 radical (unpaired) electrons. The smallest absolute Gasteiger partial charge is 0.144 e. The summed E-state index contributed by atoms with van der Waals surface area (Å²) in [5.41, 5.74) is 1.27. The van der Waals surface area contributed by atoms with Gasteiger partial charge in [0.25, 0.3) is 0 Å². The first-order valence-electron chi connectivity index (χ1n) is 3.43. The molecule has 0 saturated carbocycles. The molecular weight excluding hydrogens is 174 g/mol. The minimum absolute atomic E-state index is 0.505. The maximum atomic E-state index is 8.77. The van der Waals surface area contributed by atoms with E-state index in [-0.39, 0.29) is 0 Å². The molecular formula is C8H8ClN3. The maximum absolute atomic E-state index is 8.77. The molecule has 0 unspecified atom stereocenters. The third kappa shape index (κ3) is 1.34. The predicted molar refractivity (Wildman–Crippen MR) is 48.2 cm³/mol. The van der Waals surface area contributed by atoms with Gasteiger partial charge in [-0.3, -0.25) is 0 Å². The Morgan fingerprint density at radius 2 is 2.33 bits per heavy atom. The first kappa shape index (κ1) is 8.82. The molecule has 0 aliphatic rings. The second kappa shape index (κ2) is 3.42. The van der Waals surface area contributed by atoms with E-state index in [1.807, 2.05) is 6.07 Å². The van der Waals surface area contributed by atoms with Crippen LogP contribution in [0.1, 0.15) is 11.1 Å². The van der Waals surface area contributed by atoms with Crippen molar-refractivity contribution in [2.75, 3.05) is 12.4 Å². The number of nitrogens with zero attached hydrogens (tertiary/aromatic N) is 2. The van der Waals surface area contributed by atoms with Crippen molar-refractivity contribution in [1.29, 1.82) is 5.26 Å². The highest BCUT2D eigenvalue weighted by molar-refractivity contribution is 6.31. The topological polar surface area (TPSA) is 48.7 Å². The van der Waals surface area contributed by atoms with E-state index in [4.69, 9.17) is 16.9 Å². The van der Waals surface area contributed by atoms with E-state index in [9.17, 15) is 0 Å². The van der Waals surface area contributed by atoms with Crippen LogP contribution in [0.2, 0.25) is 5.02 Å². The SMILES string of the molecule is CNc1ncc(Cl)c(C)c1C#N. The zero-order valence-electron chi connectivity index (χ0n) is 6.85. The van der Waals surface area contributed by atoms with Crippen LogP contribution in [0.25, 0.3) is 0 Å². The van der Waals surface area contributed by atoms with Gasteiger partial charge < -0.3 is 5.32 Å². The number of nitriles is 1. The van der Waals surface area contributed by atoms with Crippen LogP contribution in [-0.4, -0.2) is 12.0 Å². The molecule has 0 spiro atoms. The number of anilines is 1. The van der Waals surface area contributed by atoms with Crippen molar-refractivity contribution in [3.63, 3.8) is 0 Å². The van der Waals surface area contributed by atoms with Crippen molar-refractivity contribution in [3.05, 3.63) is 22.3 Å². The van der Waals surface area contributed by atoms with Crippen LogP contribution in [0.5, 0.6) is 0 Å². The summed E-state index contributed by atoms with van der Waals surface area (Å²) in [6, 6.07) is 2.05. The molecule has 12 heavy (non-hydrogen) atoms. The van der Waals surface area contributed by atoms with Crippen molar-refractivity contribution < 1.29 is 0 Å². The molecule has 4 heteroatoms.